The van der Waals surface area contributed by atoms with Crippen molar-refractivity contribution in [1.82, 2.24) is 24.1 Å². The first-order chi connectivity index (χ1) is 20.5. The number of alkyl halides is 3. The van der Waals surface area contributed by atoms with E-state index >= 15 is 0 Å². The van der Waals surface area contributed by atoms with Crippen molar-refractivity contribution in [2.24, 2.45) is 0 Å². The third-order valence-electron chi connectivity index (χ3n) is 8.38. The fraction of sp³-hybridized carbons (Fsp3) is 0.387. The standard InChI is InChI=1S/C31H33F3N6O2S/c1-19-5-4-6-28-35-14-26(40(19)28)30(42)39-10-8-24-25(18-43-27(24)17-39)29(41)36-22-12-20(11-21(13-22)31(32,33)34)15-38-9-7-23(16-38)37(2)3/h4-6,11-14,18,23H,7-10,15-17H2,1-3H3,(H,36,41). The fourth-order valence-corrected chi connectivity index (χ4v) is 7.15. The van der Waals surface area contributed by atoms with Crippen LogP contribution in [0.5, 0.6) is 0 Å². The number of imidazole rings is 1. The number of likely N-dealkylation sites (tertiary alicyclic amines) is 1. The molecule has 1 fully saturated rings. The number of carbonyl (C=O) groups excluding carboxylic acids is 2. The number of nitrogens with zero attached hydrogens (tertiary/aromatic N) is 5. The van der Waals surface area contributed by atoms with Crippen molar-refractivity contribution < 1.29 is 22.8 Å². The van der Waals surface area contributed by atoms with Crippen LogP contribution in [-0.4, -0.2) is 75.7 Å². The highest BCUT2D eigenvalue weighted by Crippen LogP contribution is 2.34. The number of nitrogens with one attached hydrogen (secondary N) is 1. The number of thiophene rings is 1. The molecule has 2 aliphatic rings. The molecular weight excluding hydrogens is 577 g/mol. The largest absolute Gasteiger partial charge is 0.416 e. The summed E-state index contributed by atoms with van der Waals surface area (Å²) >= 11 is 1.38. The van der Waals surface area contributed by atoms with Gasteiger partial charge in [0.2, 0.25) is 0 Å². The highest BCUT2D eigenvalue weighted by Gasteiger charge is 2.33. The van der Waals surface area contributed by atoms with Crippen LogP contribution in [0.3, 0.4) is 0 Å². The summed E-state index contributed by atoms with van der Waals surface area (Å²) in [5, 5.41) is 4.46. The Balaban J connectivity index is 1.18. The average Bonchev–Trinajstić information content (AvgIpc) is 3.70. The van der Waals surface area contributed by atoms with Crippen molar-refractivity contribution in [1.29, 1.82) is 0 Å². The maximum atomic E-state index is 13.8. The number of halogens is 3. The van der Waals surface area contributed by atoms with Gasteiger partial charge in [-0.3, -0.25) is 18.9 Å². The molecule has 1 atom stereocenters. The number of likely N-dealkylation sites (N-methyl/N-ethyl adjacent to an activating group) is 1. The second-order valence-corrected chi connectivity index (χ2v) is 12.5. The number of aryl methyl sites for hydroxylation is 1. The van der Waals surface area contributed by atoms with E-state index in [0.29, 0.717) is 54.6 Å². The van der Waals surface area contributed by atoms with Gasteiger partial charge in [0.15, 0.2) is 0 Å². The van der Waals surface area contributed by atoms with E-state index in [4.69, 9.17) is 0 Å². The first kappa shape index (κ1) is 29.3. The molecule has 3 aromatic heterocycles. The molecule has 0 radical (unpaired) electrons. The minimum Gasteiger partial charge on any atom is -0.332 e. The SMILES string of the molecule is Cc1cccc2ncc(C(=O)N3CCc4c(C(=O)Nc5cc(CN6CCC(N(C)C)C6)cc(C(F)(F)F)c5)csc4C3)n12. The predicted molar refractivity (Wildman–Crippen MR) is 159 cm³/mol. The van der Waals surface area contributed by atoms with Crippen LogP contribution < -0.4 is 5.32 Å². The van der Waals surface area contributed by atoms with Gasteiger partial charge in [0, 0.05) is 53.9 Å². The number of amides is 2. The van der Waals surface area contributed by atoms with E-state index in [-0.39, 0.29) is 11.6 Å². The quantitative estimate of drug-likeness (QED) is 0.321. The summed E-state index contributed by atoms with van der Waals surface area (Å²) in [5.74, 6) is -0.591. The smallest absolute Gasteiger partial charge is 0.332 e. The Kier molecular flexibility index (Phi) is 7.78. The maximum absolute atomic E-state index is 13.8. The van der Waals surface area contributed by atoms with Gasteiger partial charge in [0.05, 0.1) is 23.9 Å². The lowest BCUT2D eigenvalue weighted by atomic mass is 10.0. The number of hydrogen-bond acceptors (Lipinski definition) is 6. The Morgan fingerprint density at radius 3 is 2.72 bits per heavy atom. The summed E-state index contributed by atoms with van der Waals surface area (Å²) in [5.41, 5.74) is 3.20. The summed E-state index contributed by atoms with van der Waals surface area (Å²) < 4.78 is 43.3. The lowest BCUT2D eigenvalue weighted by Gasteiger charge is -2.27. The van der Waals surface area contributed by atoms with Crippen LogP contribution >= 0.6 is 11.3 Å². The first-order valence-electron chi connectivity index (χ1n) is 14.2. The van der Waals surface area contributed by atoms with Gasteiger partial charge in [-0.1, -0.05) is 6.07 Å². The van der Waals surface area contributed by atoms with Crippen LogP contribution in [0, 0.1) is 6.92 Å². The number of hydrogen-bond donors (Lipinski definition) is 1. The van der Waals surface area contributed by atoms with Gasteiger partial charge in [-0.2, -0.15) is 13.2 Å². The van der Waals surface area contributed by atoms with E-state index in [2.05, 4.69) is 20.1 Å². The fourth-order valence-electron chi connectivity index (χ4n) is 6.06. The second kappa shape index (κ2) is 11.4. The van der Waals surface area contributed by atoms with Crippen molar-refractivity contribution >= 4 is 34.5 Å². The van der Waals surface area contributed by atoms with Crippen molar-refractivity contribution in [3.63, 3.8) is 0 Å². The summed E-state index contributed by atoms with van der Waals surface area (Å²) in [6.45, 7) is 4.65. The molecule has 2 aliphatic heterocycles. The third-order valence-corrected chi connectivity index (χ3v) is 9.40. The lowest BCUT2D eigenvalue weighted by molar-refractivity contribution is -0.137. The van der Waals surface area contributed by atoms with Crippen LogP contribution in [0.15, 0.2) is 48.0 Å². The zero-order valence-corrected chi connectivity index (χ0v) is 25.1. The Bertz CT molecular complexity index is 1690. The number of pyridine rings is 1. The number of rotatable bonds is 6. The lowest BCUT2D eigenvalue weighted by Crippen LogP contribution is -2.36. The van der Waals surface area contributed by atoms with E-state index in [1.54, 1.807) is 22.5 Å². The minimum absolute atomic E-state index is 0.119. The monoisotopic (exact) mass is 610 g/mol. The molecular formula is C31H33F3N6O2S. The maximum Gasteiger partial charge on any atom is 0.416 e. The van der Waals surface area contributed by atoms with Gasteiger partial charge in [0.25, 0.3) is 11.8 Å². The van der Waals surface area contributed by atoms with Crippen molar-refractivity contribution in [3.8, 4) is 0 Å². The zero-order valence-electron chi connectivity index (χ0n) is 24.2. The molecule has 0 spiro atoms. The van der Waals surface area contributed by atoms with Gasteiger partial charge in [0.1, 0.15) is 11.3 Å². The molecule has 0 saturated carbocycles. The molecule has 6 rings (SSSR count). The molecule has 1 unspecified atom stereocenters. The minimum atomic E-state index is -4.54. The summed E-state index contributed by atoms with van der Waals surface area (Å²) in [7, 11) is 4.01. The van der Waals surface area contributed by atoms with E-state index in [0.717, 1.165) is 41.7 Å². The van der Waals surface area contributed by atoms with Crippen LogP contribution in [0.2, 0.25) is 0 Å². The molecule has 226 valence electrons. The molecule has 1 aromatic carbocycles. The van der Waals surface area contributed by atoms with E-state index in [1.165, 1.54) is 17.4 Å². The molecule has 0 bridgehead atoms. The highest BCUT2D eigenvalue weighted by molar-refractivity contribution is 7.10. The van der Waals surface area contributed by atoms with Crippen molar-refractivity contribution in [2.75, 3.05) is 39.0 Å². The van der Waals surface area contributed by atoms with Crippen molar-refractivity contribution in [2.45, 2.75) is 45.1 Å². The number of aromatic nitrogens is 2. The Morgan fingerprint density at radius 1 is 1.16 bits per heavy atom. The van der Waals surface area contributed by atoms with Gasteiger partial charge in [-0.15, -0.1) is 11.3 Å². The summed E-state index contributed by atoms with van der Waals surface area (Å²) in [6, 6.07) is 9.82. The molecule has 43 heavy (non-hydrogen) atoms. The normalized spacial score (nSPS) is 17.6. The van der Waals surface area contributed by atoms with Gasteiger partial charge in [-0.05, 0) is 75.3 Å². The third kappa shape index (κ3) is 5.91. The Labute approximate surface area is 251 Å². The first-order valence-corrected chi connectivity index (χ1v) is 15.1. The summed E-state index contributed by atoms with van der Waals surface area (Å²) in [6.07, 6.45) is -1.52. The molecule has 0 aliphatic carbocycles. The molecule has 5 heterocycles. The van der Waals surface area contributed by atoms with E-state index < -0.39 is 17.6 Å². The molecule has 12 heteroatoms. The Hall–Kier alpha value is -3.74. The molecule has 4 aromatic rings. The summed E-state index contributed by atoms with van der Waals surface area (Å²) in [4.78, 5) is 38.1. The van der Waals surface area contributed by atoms with Crippen molar-refractivity contribution in [3.05, 3.63) is 86.5 Å². The zero-order chi connectivity index (χ0) is 30.5. The number of anilines is 1. The second-order valence-electron chi connectivity index (χ2n) is 11.5. The predicted octanol–water partition coefficient (Wildman–Crippen LogP) is 5.31. The van der Waals surface area contributed by atoms with E-state index in [1.807, 2.05) is 43.6 Å². The molecule has 1 saturated heterocycles. The van der Waals surface area contributed by atoms with Crippen LogP contribution in [0.1, 0.15) is 54.5 Å². The number of carbonyl (C=O) groups is 2. The van der Waals surface area contributed by atoms with Crippen LogP contribution in [0.25, 0.3) is 5.65 Å². The average molecular weight is 611 g/mol. The van der Waals surface area contributed by atoms with Gasteiger partial charge in [-0.25, -0.2) is 4.98 Å². The van der Waals surface area contributed by atoms with E-state index in [9.17, 15) is 22.8 Å². The van der Waals surface area contributed by atoms with Crippen LogP contribution in [0.4, 0.5) is 18.9 Å². The number of fused-ring (bicyclic) bond motifs is 2. The molecule has 2 amide bonds. The van der Waals surface area contributed by atoms with Crippen LogP contribution in [-0.2, 0) is 25.7 Å². The molecule has 1 N–H and O–H groups in total. The topological polar surface area (TPSA) is 73.2 Å². The van der Waals surface area contributed by atoms with Gasteiger partial charge >= 0.3 is 6.18 Å². The van der Waals surface area contributed by atoms with Gasteiger partial charge < -0.3 is 15.1 Å². The number of benzene rings is 1. The Morgan fingerprint density at radius 2 is 1.98 bits per heavy atom. The highest BCUT2D eigenvalue weighted by atomic mass is 32.1. The molecule has 8 nitrogen and oxygen atoms in total.